The molecule has 3 rings (SSSR count). The van der Waals surface area contributed by atoms with Gasteiger partial charge in [-0.1, -0.05) is 288 Å². The Bertz CT molecular complexity index is 1860. The number of carbonyl (C=O) groups is 1. The van der Waals surface area contributed by atoms with Gasteiger partial charge in [0, 0.05) is 6.42 Å². The average Bonchev–Trinajstić information content (AvgIpc) is 0.787. The minimum absolute atomic E-state index is 0.244. The lowest BCUT2D eigenvalue weighted by molar-refractivity contribution is -0.379. The third-order valence-electron chi connectivity index (χ3n) is 19.4. The number of ether oxygens (including phenoxy) is 6. The maximum atomic E-state index is 13.5. The van der Waals surface area contributed by atoms with Crippen LogP contribution in [0.1, 0.15) is 309 Å². The van der Waals surface area contributed by atoms with E-state index in [-0.39, 0.29) is 18.9 Å². The maximum absolute atomic E-state index is 13.5. The highest BCUT2D eigenvalue weighted by Crippen LogP contribution is 2.33. The Morgan fingerprint density at radius 2 is 0.695 bits per heavy atom. The van der Waals surface area contributed by atoms with Gasteiger partial charge in [0.15, 0.2) is 18.9 Å². The third-order valence-corrected chi connectivity index (χ3v) is 19.4. The lowest BCUT2D eigenvalue weighted by Gasteiger charge is -2.48. The fourth-order valence-corrected chi connectivity index (χ4v) is 13.2. The second-order valence-corrected chi connectivity index (χ2v) is 27.8. The number of hydrogen-bond acceptors (Lipinski definition) is 18. The van der Waals surface area contributed by atoms with Gasteiger partial charge in [-0.2, -0.15) is 0 Å². The molecular formula is C76H141NO18. The SMILES string of the molecule is CCCCCCC/C=C\C/C=C\CCCCCCCCCCCCCCCC(=O)NC(COC1OC(CO)C(OC2OC(CO)C(OC3OC(CO)C(O)C(O)C3O)C(O)C2O)C(O)C1O)C(O)/C=C/CCCCCCCCCCCCCCCCCCCCCCCCC. The van der Waals surface area contributed by atoms with Crippen molar-refractivity contribution in [3.8, 4) is 0 Å². The number of rotatable bonds is 61. The summed E-state index contributed by atoms with van der Waals surface area (Å²) < 4.78 is 34.4. The van der Waals surface area contributed by atoms with Gasteiger partial charge < -0.3 is 89.9 Å². The zero-order valence-corrected chi connectivity index (χ0v) is 59.4. The fraction of sp³-hybridized carbons (Fsp3) is 0.908. The van der Waals surface area contributed by atoms with Gasteiger partial charge in [0.1, 0.15) is 73.2 Å². The molecule has 558 valence electrons. The Morgan fingerprint density at radius 3 is 1.07 bits per heavy atom. The number of carbonyl (C=O) groups excluding carboxylic acids is 1. The molecule has 19 nitrogen and oxygen atoms in total. The fourth-order valence-electron chi connectivity index (χ4n) is 13.2. The van der Waals surface area contributed by atoms with Crippen LogP contribution >= 0.6 is 0 Å². The summed E-state index contributed by atoms with van der Waals surface area (Å²) in [7, 11) is 0. The molecule has 0 aromatic rings. The van der Waals surface area contributed by atoms with Crippen molar-refractivity contribution in [2.24, 2.45) is 0 Å². The molecule has 12 N–H and O–H groups in total. The summed E-state index contributed by atoms with van der Waals surface area (Å²) in [6.07, 6.45) is 42.6. The first kappa shape index (κ1) is 87.2. The molecule has 3 aliphatic heterocycles. The molecule has 0 aromatic carbocycles. The number of unbranched alkanes of at least 4 members (excludes halogenated alkanes) is 41. The summed E-state index contributed by atoms with van der Waals surface area (Å²) in [6, 6.07) is -0.974. The number of aliphatic hydroxyl groups excluding tert-OH is 11. The summed E-state index contributed by atoms with van der Waals surface area (Å²) in [5.41, 5.74) is 0. The van der Waals surface area contributed by atoms with E-state index in [9.17, 15) is 61.0 Å². The Morgan fingerprint density at radius 1 is 0.379 bits per heavy atom. The van der Waals surface area contributed by atoms with E-state index in [1.165, 1.54) is 231 Å². The standard InChI is InChI=1S/C76H141NO18/c1-3-5-7-9-11-13-15-17-19-21-23-25-27-29-31-33-35-37-39-41-43-45-47-49-51-53-60(81)59(77-64(82)54-52-50-48-46-44-42-40-38-36-34-32-30-28-26-24-22-20-18-16-14-12-10-8-6-4-2)58-90-74-70(88)67(85)72(62(56-79)92-74)95-76-71(89)68(86)73(63(57-80)93-76)94-75-69(87)66(84)65(83)61(55-78)91-75/h16,18,22,24,51,53,59-63,65-76,78-81,83-89H,3-15,17,19-21,23,25-50,52,54-58H2,1-2H3,(H,77,82)/b18-16-,24-22-,53-51+. The first-order valence-electron chi connectivity index (χ1n) is 38.7. The van der Waals surface area contributed by atoms with Crippen molar-refractivity contribution in [3.63, 3.8) is 0 Å². The van der Waals surface area contributed by atoms with E-state index in [1.807, 2.05) is 6.08 Å². The van der Waals surface area contributed by atoms with Crippen LogP contribution in [0.15, 0.2) is 36.5 Å². The topological polar surface area (TPSA) is 307 Å². The van der Waals surface area contributed by atoms with Crippen LogP contribution in [0.2, 0.25) is 0 Å². The summed E-state index contributed by atoms with van der Waals surface area (Å²) >= 11 is 0. The first-order chi connectivity index (χ1) is 46.3. The van der Waals surface area contributed by atoms with Crippen molar-refractivity contribution in [2.75, 3.05) is 26.4 Å². The lowest BCUT2D eigenvalue weighted by atomic mass is 9.96. The first-order valence-corrected chi connectivity index (χ1v) is 38.7. The van der Waals surface area contributed by atoms with Crippen LogP contribution in [0.25, 0.3) is 0 Å². The zero-order valence-electron chi connectivity index (χ0n) is 59.4. The Kier molecular flexibility index (Phi) is 52.9. The normalized spacial score (nSPS) is 27.4. The van der Waals surface area contributed by atoms with Crippen LogP contribution in [0.5, 0.6) is 0 Å². The molecule has 1 amide bonds. The second kappa shape index (κ2) is 57.6. The monoisotopic (exact) mass is 1360 g/mol. The lowest BCUT2D eigenvalue weighted by Crippen LogP contribution is -2.66. The van der Waals surface area contributed by atoms with Crippen molar-refractivity contribution in [3.05, 3.63) is 36.5 Å². The molecule has 0 spiro atoms. The molecule has 0 aromatic heterocycles. The van der Waals surface area contributed by atoms with Gasteiger partial charge in [-0.3, -0.25) is 4.79 Å². The minimum Gasteiger partial charge on any atom is -0.394 e. The highest BCUT2D eigenvalue weighted by atomic mass is 16.8. The van der Waals surface area contributed by atoms with Gasteiger partial charge in [0.2, 0.25) is 5.91 Å². The molecule has 19 heteroatoms. The van der Waals surface area contributed by atoms with Gasteiger partial charge in [0.25, 0.3) is 0 Å². The van der Waals surface area contributed by atoms with Crippen molar-refractivity contribution in [1.82, 2.24) is 5.32 Å². The molecule has 17 atom stereocenters. The molecule has 0 aliphatic carbocycles. The Hall–Kier alpha value is -1.99. The van der Waals surface area contributed by atoms with Crippen molar-refractivity contribution < 1.29 is 89.4 Å². The predicted molar refractivity (Wildman–Crippen MR) is 374 cm³/mol. The van der Waals surface area contributed by atoms with Gasteiger partial charge >= 0.3 is 0 Å². The van der Waals surface area contributed by atoms with Crippen LogP contribution in [0, 0.1) is 0 Å². The Labute approximate surface area is 574 Å². The molecule has 95 heavy (non-hydrogen) atoms. The van der Waals surface area contributed by atoms with Gasteiger partial charge in [-0.25, -0.2) is 0 Å². The van der Waals surface area contributed by atoms with E-state index in [1.54, 1.807) is 6.08 Å². The molecule has 3 aliphatic rings. The number of nitrogens with one attached hydrogen (secondary N) is 1. The van der Waals surface area contributed by atoms with Crippen molar-refractivity contribution in [1.29, 1.82) is 0 Å². The predicted octanol–water partition coefficient (Wildman–Crippen LogP) is 11.9. The van der Waals surface area contributed by atoms with Crippen LogP contribution in [0.4, 0.5) is 0 Å². The Balaban J connectivity index is 1.40. The minimum atomic E-state index is -1.98. The molecule has 0 radical (unpaired) electrons. The van der Waals surface area contributed by atoms with Crippen LogP contribution in [-0.4, -0.2) is 193 Å². The largest absolute Gasteiger partial charge is 0.394 e. The zero-order chi connectivity index (χ0) is 68.9. The van der Waals surface area contributed by atoms with E-state index in [2.05, 4.69) is 43.5 Å². The molecule has 0 saturated carbocycles. The van der Waals surface area contributed by atoms with Crippen LogP contribution < -0.4 is 5.32 Å². The molecule has 0 bridgehead atoms. The van der Waals surface area contributed by atoms with E-state index >= 15 is 0 Å². The second-order valence-electron chi connectivity index (χ2n) is 27.8. The average molecular weight is 1360 g/mol. The van der Waals surface area contributed by atoms with E-state index < -0.39 is 124 Å². The highest BCUT2D eigenvalue weighted by Gasteiger charge is 2.53. The number of allylic oxidation sites excluding steroid dienone is 5. The molecule has 17 unspecified atom stereocenters. The highest BCUT2D eigenvalue weighted by molar-refractivity contribution is 5.76. The number of aliphatic hydroxyl groups is 11. The number of amides is 1. The third kappa shape index (κ3) is 38.6. The maximum Gasteiger partial charge on any atom is 0.220 e. The van der Waals surface area contributed by atoms with Crippen molar-refractivity contribution in [2.45, 2.75) is 413 Å². The van der Waals surface area contributed by atoms with Gasteiger partial charge in [-0.05, 0) is 51.4 Å². The van der Waals surface area contributed by atoms with E-state index in [0.717, 1.165) is 51.4 Å². The van der Waals surface area contributed by atoms with Gasteiger partial charge in [0.05, 0.1) is 38.6 Å². The number of hydrogen-bond donors (Lipinski definition) is 12. The van der Waals surface area contributed by atoms with E-state index in [4.69, 9.17) is 28.4 Å². The van der Waals surface area contributed by atoms with Crippen molar-refractivity contribution >= 4 is 5.91 Å². The van der Waals surface area contributed by atoms with Crippen LogP contribution in [0.3, 0.4) is 0 Å². The molecule has 3 fully saturated rings. The molecule has 3 saturated heterocycles. The smallest absolute Gasteiger partial charge is 0.220 e. The quantitative estimate of drug-likeness (QED) is 0.0199. The molecule has 3 heterocycles. The summed E-state index contributed by atoms with van der Waals surface area (Å²) in [5.74, 6) is -0.272. The summed E-state index contributed by atoms with van der Waals surface area (Å²) in [4.78, 5) is 13.5. The van der Waals surface area contributed by atoms with E-state index in [0.29, 0.717) is 6.42 Å². The van der Waals surface area contributed by atoms with Gasteiger partial charge in [-0.15, -0.1) is 0 Å². The summed E-state index contributed by atoms with van der Waals surface area (Å²) in [6.45, 7) is 1.77. The van der Waals surface area contributed by atoms with Crippen LogP contribution in [-0.2, 0) is 33.2 Å². The molecular weight excluding hydrogens is 1210 g/mol. The summed E-state index contributed by atoms with van der Waals surface area (Å²) in [5, 5.41) is 121.